The largest absolute Gasteiger partial charge is 4.00 e. The van der Waals surface area contributed by atoms with Gasteiger partial charge in [0.2, 0.25) is 0 Å². The van der Waals surface area contributed by atoms with E-state index in [4.69, 9.17) is 0 Å². The van der Waals surface area contributed by atoms with Crippen molar-refractivity contribution in [2.24, 2.45) is 0 Å². The van der Waals surface area contributed by atoms with Gasteiger partial charge in [0.1, 0.15) is 0 Å². The number of halogens is 2. The van der Waals surface area contributed by atoms with Crippen LogP contribution in [-0.2, 0) is 35.8 Å². The number of benzene rings is 2. The summed E-state index contributed by atoms with van der Waals surface area (Å²) in [5.74, 6) is -0.0765. The van der Waals surface area contributed by atoms with Crippen LogP contribution in [0, 0.1) is 0 Å². The molecular weight excluding hydrogens is 462 g/mol. The van der Waals surface area contributed by atoms with Crippen molar-refractivity contribution >= 4 is 23.2 Å². The standard InChI is InChI=1S/2C10H13NO.2ClH.Zr/c2*1-2-6-10(12)11-9-7-4-3-5-8-9;;;/h2*3-5,7-8H,2,6H2,1H3,(H,11,12);2*1H;/q;;;;+4/p-4. The Morgan fingerprint density at radius 3 is 1.22 bits per heavy atom. The molecule has 0 aromatic heterocycles. The maximum atomic E-state index is 11.0. The zero-order valence-corrected chi connectivity index (χ0v) is 19.5. The maximum Gasteiger partial charge on any atom is 4.00 e. The summed E-state index contributed by atoms with van der Waals surface area (Å²) >= 11 is 0. The van der Waals surface area contributed by atoms with Crippen LogP contribution in [-0.4, -0.2) is 11.8 Å². The summed E-state index contributed by atoms with van der Waals surface area (Å²) in [6.45, 7) is 3.94. The van der Waals surface area contributed by atoms with Crippen LogP contribution < -0.4 is 24.8 Å². The molecule has 0 N–H and O–H groups in total. The van der Waals surface area contributed by atoms with Gasteiger partial charge in [0.25, 0.3) is 0 Å². The van der Waals surface area contributed by atoms with Gasteiger partial charge in [-0.3, -0.25) is 0 Å². The van der Waals surface area contributed by atoms with Crippen LogP contribution in [0.5, 0.6) is 0 Å². The third-order valence-corrected chi connectivity index (χ3v) is 2.95. The first kappa shape index (κ1) is 30.6. The van der Waals surface area contributed by atoms with E-state index >= 15 is 0 Å². The van der Waals surface area contributed by atoms with Gasteiger partial charge in [-0.1, -0.05) is 87.4 Å². The zero-order chi connectivity index (χ0) is 17.6. The molecule has 0 aliphatic carbocycles. The molecule has 144 valence electrons. The van der Waals surface area contributed by atoms with Crippen molar-refractivity contribution in [3.63, 3.8) is 0 Å². The van der Waals surface area contributed by atoms with Gasteiger partial charge in [-0.25, -0.2) is 0 Å². The SMILES string of the molecule is CCCC(=O)[N-]c1ccccc1.CCCC(=O)[N-]c1ccccc1.[Cl-].[Cl-].[Zr+4]. The third kappa shape index (κ3) is 15.6. The number of rotatable bonds is 6. The zero-order valence-electron chi connectivity index (χ0n) is 15.6. The molecule has 0 spiro atoms. The summed E-state index contributed by atoms with van der Waals surface area (Å²) in [6, 6.07) is 18.6. The van der Waals surface area contributed by atoms with Crippen molar-refractivity contribution in [3.05, 3.63) is 71.3 Å². The van der Waals surface area contributed by atoms with E-state index in [2.05, 4.69) is 10.6 Å². The Morgan fingerprint density at radius 1 is 0.667 bits per heavy atom. The molecule has 0 saturated heterocycles. The molecule has 2 aromatic rings. The maximum absolute atomic E-state index is 11.0. The Labute approximate surface area is 193 Å². The topological polar surface area (TPSA) is 62.3 Å². The summed E-state index contributed by atoms with van der Waals surface area (Å²) < 4.78 is 0. The average molecular weight is 487 g/mol. The van der Waals surface area contributed by atoms with Crippen molar-refractivity contribution in [2.45, 2.75) is 39.5 Å². The van der Waals surface area contributed by atoms with E-state index in [1.54, 1.807) is 0 Å². The number of carbonyl (C=O) groups is 2. The molecule has 2 rings (SSSR count). The fraction of sp³-hybridized carbons (Fsp3) is 0.300. The van der Waals surface area contributed by atoms with Gasteiger partial charge in [0, 0.05) is 0 Å². The van der Waals surface area contributed by atoms with Gasteiger partial charge in [0.15, 0.2) is 0 Å². The molecule has 0 heterocycles. The molecule has 0 atom stereocenters. The molecule has 0 unspecified atom stereocenters. The first-order valence-corrected chi connectivity index (χ1v) is 8.25. The molecule has 0 fully saturated rings. The van der Waals surface area contributed by atoms with Crippen LogP contribution in [0.4, 0.5) is 11.4 Å². The second-order valence-electron chi connectivity index (χ2n) is 5.18. The van der Waals surface area contributed by atoms with Crippen molar-refractivity contribution in [1.29, 1.82) is 0 Å². The molecule has 7 heteroatoms. The van der Waals surface area contributed by atoms with Gasteiger partial charge in [-0.15, -0.1) is 11.4 Å². The van der Waals surface area contributed by atoms with Crippen molar-refractivity contribution < 1.29 is 60.6 Å². The van der Waals surface area contributed by atoms with Crippen LogP contribution in [0.3, 0.4) is 0 Å². The van der Waals surface area contributed by atoms with E-state index in [-0.39, 0.29) is 62.8 Å². The van der Waals surface area contributed by atoms with Crippen LogP contribution in [0.1, 0.15) is 39.5 Å². The minimum atomic E-state index is -0.0382. The number of amides is 2. The summed E-state index contributed by atoms with van der Waals surface area (Å²) in [6.07, 6.45) is 2.79. The number of carbonyl (C=O) groups excluding carboxylic acids is 2. The molecule has 0 aliphatic heterocycles. The Kier molecular flexibility index (Phi) is 22.2. The molecule has 4 nitrogen and oxygen atoms in total. The normalized spacial score (nSPS) is 8.37. The molecular formula is C20H24Cl2N2O2Zr. The van der Waals surface area contributed by atoms with Crippen molar-refractivity contribution in [1.82, 2.24) is 0 Å². The quantitative estimate of drug-likeness (QED) is 0.579. The molecule has 0 saturated carbocycles. The number of nitrogens with zero attached hydrogens (tertiary/aromatic N) is 2. The Hall–Kier alpha value is -1.16. The minimum Gasteiger partial charge on any atom is -1.00 e. The minimum absolute atomic E-state index is 0. The van der Waals surface area contributed by atoms with Crippen LogP contribution >= 0.6 is 0 Å². The Bertz CT molecular complexity index is 558. The summed E-state index contributed by atoms with van der Waals surface area (Å²) in [5, 5.41) is 7.82. The van der Waals surface area contributed by atoms with Crippen molar-refractivity contribution in [3.8, 4) is 0 Å². The van der Waals surface area contributed by atoms with Gasteiger partial charge >= 0.3 is 26.2 Å². The Balaban J connectivity index is -0.000000384. The summed E-state index contributed by atoms with van der Waals surface area (Å²) in [5.41, 5.74) is 1.49. The predicted octanol–water partition coefficient (Wildman–Crippen LogP) is 0.0425. The molecule has 2 amide bonds. The van der Waals surface area contributed by atoms with E-state index in [9.17, 15) is 9.59 Å². The molecule has 0 radical (unpaired) electrons. The monoisotopic (exact) mass is 484 g/mol. The third-order valence-electron chi connectivity index (χ3n) is 2.95. The van der Waals surface area contributed by atoms with Gasteiger partial charge in [-0.05, 0) is 12.8 Å². The van der Waals surface area contributed by atoms with E-state index in [0.29, 0.717) is 12.8 Å². The fourth-order valence-corrected chi connectivity index (χ4v) is 1.83. The number of hydrogen-bond donors (Lipinski definition) is 0. The Morgan fingerprint density at radius 2 is 0.963 bits per heavy atom. The van der Waals surface area contributed by atoms with Crippen LogP contribution in [0.15, 0.2) is 60.7 Å². The summed E-state index contributed by atoms with van der Waals surface area (Å²) in [4.78, 5) is 22.1. The second-order valence-corrected chi connectivity index (χ2v) is 5.18. The van der Waals surface area contributed by atoms with Gasteiger partial charge in [-0.2, -0.15) is 0 Å². The van der Waals surface area contributed by atoms with Gasteiger partial charge < -0.3 is 45.0 Å². The van der Waals surface area contributed by atoms with Crippen LogP contribution in [0.2, 0.25) is 0 Å². The summed E-state index contributed by atoms with van der Waals surface area (Å²) in [7, 11) is 0. The number of para-hydroxylation sites is 2. The van der Waals surface area contributed by atoms with E-state index in [1.165, 1.54) is 0 Å². The van der Waals surface area contributed by atoms with Crippen LogP contribution in [0.25, 0.3) is 10.6 Å². The number of hydrogen-bond acceptors (Lipinski definition) is 2. The first-order chi connectivity index (χ1) is 11.7. The average Bonchev–Trinajstić information content (AvgIpc) is 2.58. The van der Waals surface area contributed by atoms with Gasteiger partial charge in [0.05, 0.1) is 11.8 Å². The van der Waals surface area contributed by atoms with E-state index in [0.717, 1.165) is 24.2 Å². The van der Waals surface area contributed by atoms with E-state index in [1.807, 2.05) is 74.5 Å². The molecule has 0 aliphatic rings. The fourth-order valence-electron chi connectivity index (χ4n) is 1.83. The second kappa shape index (κ2) is 19.6. The first-order valence-electron chi connectivity index (χ1n) is 8.25. The molecule has 27 heavy (non-hydrogen) atoms. The predicted molar refractivity (Wildman–Crippen MR) is 98.8 cm³/mol. The molecule has 0 bridgehead atoms. The van der Waals surface area contributed by atoms with Crippen molar-refractivity contribution in [2.75, 3.05) is 0 Å². The molecule has 2 aromatic carbocycles. The van der Waals surface area contributed by atoms with E-state index < -0.39 is 0 Å². The smallest absolute Gasteiger partial charge is 1.00 e.